The van der Waals surface area contributed by atoms with Crippen LogP contribution in [0.25, 0.3) is 0 Å². The number of halogens is 1. The highest BCUT2D eigenvalue weighted by atomic mass is 35.5. The molecule has 0 radical (unpaired) electrons. The first-order valence-corrected chi connectivity index (χ1v) is 8.45. The standard InChI is InChI=1S/C22H19N3.ClH/c1-22(18-13-7-3-8-14-18)24-20(17-11-5-2-6-12-17)21(25-22)23-19-15-9-4-10-16-19;/h2-16H,1H3,(H,23,25);1H. The van der Waals surface area contributed by atoms with Crippen LogP contribution in [0.1, 0.15) is 18.1 Å². The van der Waals surface area contributed by atoms with Crippen molar-refractivity contribution in [1.29, 1.82) is 0 Å². The number of aliphatic imine (C=N–C) groups is 2. The first kappa shape index (κ1) is 18.1. The molecule has 1 heterocycles. The topological polar surface area (TPSA) is 41.3 Å². The minimum absolute atomic E-state index is 0. The molecule has 0 aliphatic carbocycles. The minimum Gasteiger partial charge on any atom is -1.00 e. The third-order valence-corrected chi connectivity index (χ3v) is 4.38. The number of hydrogen-bond donors (Lipinski definition) is 1. The van der Waals surface area contributed by atoms with Crippen LogP contribution in [0, 0.1) is 0 Å². The van der Waals surface area contributed by atoms with Gasteiger partial charge in [0.1, 0.15) is 11.4 Å². The van der Waals surface area contributed by atoms with Crippen LogP contribution in [-0.4, -0.2) is 11.5 Å². The van der Waals surface area contributed by atoms with Crippen molar-refractivity contribution in [2.45, 2.75) is 12.6 Å². The monoisotopic (exact) mass is 361 g/mol. The number of amidine groups is 1. The van der Waals surface area contributed by atoms with Gasteiger partial charge in [0.2, 0.25) is 0 Å². The first-order chi connectivity index (χ1) is 12.2. The Labute approximate surface area is 159 Å². The van der Waals surface area contributed by atoms with Crippen molar-refractivity contribution >= 4 is 17.2 Å². The molecule has 0 saturated carbocycles. The maximum Gasteiger partial charge on any atom is 0.253 e. The number of nitrogens with zero attached hydrogens (tertiary/aromatic N) is 2. The first-order valence-electron chi connectivity index (χ1n) is 8.45. The van der Waals surface area contributed by atoms with E-state index in [9.17, 15) is 0 Å². The van der Waals surface area contributed by atoms with E-state index in [4.69, 9.17) is 9.98 Å². The van der Waals surface area contributed by atoms with Crippen LogP contribution >= 0.6 is 0 Å². The average molecular weight is 362 g/mol. The van der Waals surface area contributed by atoms with E-state index in [0.29, 0.717) is 0 Å². The summed E-state index contributed by atoms with van der Waals surface area (Å²) in [6, 6.07) is 30.8. The Bertz CT molecular complexity index is 921. The number of hydrogen-bond acceptors (Lipinski definition) is 2. The van der Waals surface area contributed by atoms with E-state index >= 15 is 0 Å². The van der Waals surface area contributed by atoms with E-state index in [1.807, 2.05) is 54.6 Å². The molecule has 3 nitrogen and oxygen atoms in total. The Balaban J connectivity index is 0.00000196. The van der Waals surface area contributed by atoms with Gasteiger partial charge in [0.15, 0.2) is 5.66 Å². The lowest BCUT2D eigenvalue weighted by Crippen LogP contribution is -3.00. The maximum atomic E-state index is 5.02. The molecule has 1 unspecified atom stereocenters. The van der Waals surface area contributed by atoms with Crippen LogP contribution < -0.4 is 17.7 Å². The summed E-state index contributed by atoms with van der Waals surface area (Å²) in [5.41, 5.74) is 3.67. The molecule has 4 heteroatoms. The van der Waals surface area contributed by atoms with Crippen molar-refractivity contribution in [1.82, 2.24) is 0 Å². The van der Waals surface area contributed by atoms with E-state index in [1.165, 1.54) is 0 Å². The Hall–Kier alpha value is -2.75. The second-order valence-corrected chi connectivity index (χ2v) is 6.27. The summed E-state index contributed by atoms with van der Waals surface area (Å²) in [4.78, 5) is 10.0. The Kier molecular flexibility index (Phi) is 5.31. The van der Waals surface area contributed by atoms with Crippen LogP contribution in [-0.2, 0) is 5.66 Å². The predicted octanol–water partition coefficient (Wildman–Crippen LogP) is 0.660. The minimum atomic E-state index is -0.590. The zero-order chi connectivity index (χ0) is 17.1. The number of para-hydroxylation sites is 1. The lowest BCUT2D eigenvalue weighted by Gasteiger charge is -2.16. The summed E-state index contributed by atoms with van der Waals surface area (Å²) in [5.74, 6) is 0.920. The van der Waals surface area contributed by atoms with Gasteiger partial charge in [-0.15, -0.1) is 0 Å². The van der Waals surface area contributed by atoms with Crippen molar-refractivity contribution in [3.05, 3.63) is 102 Å². The van der Waals surface area contributed by atoms with Crippen LogP contribution in [0.3, 0.4) is 0 Å². The molecule has 1 aliphatic heterocycles. The molecule has 0 fully saturated rings. The van der Waals surface area contributed by atoms with E-state index in [1.54, 1.807) is 0 Å². The SMILES string of the molecule is CC1(c2ccccc2)N=C([NH2+]c2ccccc2)C(c2ccccc2)=N1.[Cl-]. The molecule has 0 aromatic heterocycles. The third kappa shape index (κ3) is 3.59. The Morgan fingerprint density at radius 3 is 1.85 bits per heavy atom. The van der Waals surface area contributed by atoms with Crippen molar-refractivity contribution in [2.75, 3.05) is 0 Å². The highest BCUT2D eigenvalue weighted by Crippen LogP contribution is 2.31. The Morgan fingerprint density at radius 1 is 0.692 bits per heavy atom. The highest BCUT2D eigenvalue weighted by molar-refractivity contribution is 6.45. The lowest BCUT2D eigenvalue weighted by atomic mass is 10.0. The molecule has 1 aliphatic rings. The van der Waals surface area contributed by atoms with Crippen LogP contribution in [0.2, 0.25) is 0 Å². The summed E-state index contributed by atoms with van der Waals surface area (Å²) in [6.45, 7) is 2.07. The zero-order valence-corrected chi connectivity index (χ0v) is 15.3. The number of nitrogens with two attached hydrogens (primary N) is 1. The van der Waals surface area contributed by atoms with E-state index in [0.717, 1.165) is 28.4 Å². The zero-order valence-electron chi connectivity index (χ0n) is 14.5. The van der Waals surface area contributed by atoms with Gasteiger partial charge in [-0.3, -0.25) is 5.32 Å². The van der Waals surface area contributed by atoms with Gasteiger partial charge in [-0.05, 0) is 19.1 Å². The summed E-state index contributed by atoms with van der Waals surface area (Å²) in [5, 5.41) is 2.11. The molecule has 3 aromatic carbocycles. The normalized spacial score (nSPS) is 18.7. The van der Waals surface area contributed by atoms with Gasteiger partial charge in [-0.2, -0.15) is 4.99 Å². The third-order valence-electron chi connectivity index (χ3n) is 4.38. The largest absolute Gasteiger partial charge is 1.00 e. The average Bonchev–Trinajstić information content (AvgIpc) is 3.02. The van der Waals surface area contributed by atoms with Gasteiger partial charge >= 0.3 is 0 Å². The molecule has 1 atom stereocenters. The van der Waals surface area contributed by atoms with Gasteiger partial charge in [-0.1, -0.05) is 78.9 Å². The van der Waals surface area contributed by atoms with E-state index < -0.39 is 5.66 Å². The molecule has 0 bridgehead atoms. The smallest absolute Gasteiger partial charge is 0.253 e. The summed E-state index contributed by atoms with van der Waals surface area (Å²) >= 11 is 0. The fraction of sp³-hybridized carbons (Fsp3) is 0.0909. The van der Waals surface area contributed by atoms with Crippen molar-refractivity contribution in [2.24, 2.45) is 9.98 Å². The van der Waals surface area contributed by atoms with Gasteiger partial charge in [0.25, 0.3) is 5.84 Å². The van der Waals surface area contributed by atoms with Crippen LogP contribution in [0.4, 0.5) is 5.69 Å². The molecular formula is C22H20ClN3. The molecular weight excluding hydrogens is 342 g/mol. The quantitative estimate of drug-likeness (QED) is 0.666. The molecule has 0 saturated heterocycles. The van der Waals surface area contributed by atoms with Crippen LogP contribution in [0.15, 0.2) is 101 Å². The second kappa shape index (κ2) is 7.65. The number of rotatable bonds is 3. The van der Waals surface area contributed by atoms with Gasteiger partial charge in [-0.25, -0.2) is 4.99 Å². The van der Waals surface area contributed by atoms with Gasteiger partial charge in [0, 0.05) is 11.1 Å². The fourth-order valence-electron chi connectivity index (χ4n) is 3.09. The summed E-state index contributed by atoms with van der Waals surface area (Å²) < 4.78 is 0. The second-order valence-electron chi connectivity index (χ2n) is 6.27. The van der Waals surface area contributed by atoms with Crippen LogP contribution in [0.5, 0.6) is 0 Å². The predicted molar refractivity (Wildman–Crippen MR) is 102 cm³/mol. The van der Waals surface area contributed by atoms with Crippen molar-refractivity contribution in [3.63, 3.8) is 0 Å². The molecule has 130 valence electrons. The molecule has 3 aromatic rings. The Morgan fingerprint density at radius 2 is 1.23 bits per heavy atom. The summed E-state index contributed by atoms with van der Waals surface area (Å²) in [6.07, 6.45) is 0. The molecule has 0 spiro atoms. The highest BCUT2D eigenvalue weighted by Gasteiger charge is 2.36. The molecule has 0 amide bonds. The fourth-order valence-corrected chi connectivity index (χ4v) is 3.09. The van der Waals surface area contributed by atoms with Gasteiger partial charge < -0.3 is 12.4 Å². The van der Waals surface area contributed by atoms with E-state index in [2.05, 4.69) is 48.6 Å². The van der Waals surface area contributed by atoms with Crippen molar-refractivity contribution < 1.29 is 17.7 Å². The van der Waals surface area contributed by atoms with E-state index in [-0.39, 0.29) is 12.4 Å². The molecule has 26 heavy (non-hydrogen) atoms. The number of quaternary nitrogens is 1. The number of benzene rings is 3. The maximum absolute atomic E-state index is 5.02. The van der Waals surface area contributed by atoms with Crippen molar-refractivity contribution in [3.8, 4) is 0 Å². The lowest BCUT2D eigenvalue weighted by molar-refractivity contribution is -0.439. The molecule has 2 N–H and O–H groups in total. The molecule has 4 rings (SSSR count). The van der Waals surface area contributed by atoms with Gasteiger partial charge in [0.05, 0.1) is 0 Å². The summed E-state index contributed by atoms with van der Waals surface area (Å²) in [7, 11) is 0.